The Labute approximate surface area is 123 Å². The van der Waals surface area contributed by atoms with Crippen molar-refractivity contribution in [2.75, 3.05) is 19.6 Å². The van der Waals surface area contributed by atoms with E-state index < -0.39 is 0 Å². The highest BCUT2D eigenvalue weighted by Gasteiger charge is 2.27. The van der Waals surface area contributed by atoms with Crippen LogP contribution in [-0.2, 0) is 0 Å². The number of carbonyl (C=O) groups excluding carboxylic acids is 1. The molecule has 2 aromatic rings. The van der Waals surface area contributed by atoms with Crippen LogP contribution in [0.25, 0.3) is 10.9 Å². The third-order valence-corrected chi connectivity index (χ3v) is 3.62. The highest BCUT2D eigenvalue weighted by molar-refractivity contribution is 5.78. The molecule has 0 spiro atoms. The molecule has 0 radical (unpaired) electrons. The van der Waals surface area contributed by atoms with Crippen LogP contribution in [0.1, 0.15) is 13.3 Å². The largest absolute Gasteiger partial charge is 0.472 e. The van der Waals surface area contributed by atoms with E-state index in [-0.39, 0.29) is 12.1 Å². The van der Waals surface area contributed by atoms with Crippen LogP contribution in [0.3, 0.4) is 0 Å². The fraction of sp³-hybridized carbons (Fsp3) is 0.375. The first-order chi connectivity index (χ1) is 10.3. The summed E-state index contributed by atoms with van der Waals surface area (Å²) in [4.78, 5) is 18.1. The van der Waals surface area contributed by atoms with Crippen molar-refractivity contribution in [1.82, 2.24) is 15.2 Å². The summed E-state index contributed by atoms with van der Waals surface area (Å²) in [6, 6.07) is 11.8. The van der Waals surface area contributed by atoms with Gasteiger partial charge < -0.3 is 15.0 Å². The Kier molecular flexibility index (Phi) is 3.90. The predicted octanol–water partition coefficient (Wildman–Crippen LogP) is 2.42. The van der Waals surface area contributed by atoms with Gasteiger partial charge in [-0.3, -0.25) is 0 Å². The fourth-order valence-corrected chi connectivity index (χ4v) is 2.56. The van der Waals surface area contributed by atoms with E-state index in [0.717, 1.165) is 23.9 Å². The molecular formula is C16H19N3O2. The predicted molar refractivity (Wildman–Crippen MR) is 81.4 cm³/mol. The van der Waals surface area contributed by atoms with E-state index in [9.17, 15) is 4.79 Å². The molecule has 110 valence electrons. The molecule has 1 aliphatic heterocycles. The summed E-state index contributed by atoms with van der Waals surface area (Å²) >= 11 is 0. The van der Waals surface area contributed by atoms with Crippen LogP contribution in [0.5, 0.6) is 5.88 Å². The number of pyridine rings is 1. The molecule has 1 aliphatic rings. The molecule has 0 unspecified atom stereocenters. The summed E-state index contributed by atoms with van der Waals surface area (Å²) in [5, 5.41) is 3.91. The SMILES string of the molecule is CCNC(=O)N1CC[C@@H](Oc2ccc3ccccc3n2)C1. The van der Waals surface area contributed by atoms with E-state index in [0.29, 0.717) is 19.0 Å². The zero-order valence-electron chi connectivity index (χ0n) is 12.1. The Morgan fingerprint density at radius 2 is 2.24 bits per heavy atom. The lowest BCUT2D eigenvalue weighted by molar-refractivity contribution is 0.184. The number of para-hydroxylation sites is 1. The molecule has 2 amide bonds. The van der Waals surface area contributed by atoms with Crippen molar-refractivity contribution in [3.8, 4) is 5.88 Å². The number of aromatic nitrogens is 1. The maximum atomic E-state index is 11.8. The quantitative estimate of drug-likeness (QED) is 0.942. The van der Waals surface area contributed by atoms with Crippen LogP contribution in [-0.4, -0.2) is 41.7 Å². The third-order valence-electron chi connectivity index (χ3n) is 3.62. The first-order valence-electron chi connectivity index (χ1n) is 7.31. The zero-order chi connectivity index (χ0) is 14.7. The van der Waals surface area contributed by atoms with Gasteiger partial charge in [0.1, 0.15) is 6.10 Å². The van der Waals surface area contributed by atoms with Gasteiger partial charge in [0.25, 0.3) is 0 Å². The minimum atomic E-state index is -0.0185. The molecule has 1 aromatic carbocycles. The van der Waals surface area contributed by atoms with E-state index in [2.05, 4.69) is 10.3 Å². The molecule has 0 saturated carbocycles. The van der Waals surface area contributed by atoms with Gasteiger partial charge in [-0.05, 0) is 19.1 Å². The van der Waals surface area contributed by atoms with E-state index >= 15 is 0 Å². The van der Waals surface area contributed by atoms with Crippen LogP contribution < -0.4 is 10.1 Å². The van der Waals surface area contributed by atoms with Gasteiger partial charge in [0.05, 0.1) is 12.1 Å². The van der Waals surface area contributed by atoms with Crippen LogP contribution in [0.15, 0.2) is 36.4 Å². The van der Waals surface area contributed by atoms with Gasteiger partial charge in [-0.15, -0.1) is 0 Å². The van der Waals surface area contributed by atoms with Gasteiger partial charge in [0.15, 0.2) is 0 Å². The number of nitrogens with zero attached hydrogens (tertiary/aromatic N) is 2. The molecule has 0 bridgehead atoms. The number of amides is 2. The molecular weight excluding hydrogens is 266 g/mol. The van der Waals surface area contributed by atoms with Gasteiger partial charge in [-0.25, -0.2) is 9.78 Å². The molecule has 2 heterocycles. The summed E-state index contributed by atoms with van der Waals surface area (Å²) in [5.41, 5.74) is 0.925. The van der Waals surface area contributed by atoms with Crippen LogP contribution >= 0.6 is 0 Å². The lowest BCUT2D eigenvalue weighted by Crippen LogP contribution is -2.39. The first kappa shape index (κ1) is 13.7. The van der Waals surface area contributed by atoms with Crippen molar-refractivity contribution in [1.29, 1.82) is 0 Å². The number of urea groups is 1. The number of hydrogen-bond donors (Lipinski definition) is 1. The summed E-state index contributed by atoms with van der Waals surface area (Å²) in [6.07, 6.45) is 0.854. The number of ether oxygens (including phenoxy) is 1. The van der Waals surface area contributed by atoms with Crippen LogP contribution in [0, 0.1) is 0 Å². The standard InChI is InChI=1S/C16H19N3O2/c1-2-17-16(20)19-10-9-13(11-19)21-15-8-7-12-5-3-4-6-14(12)18-15/h3-8,13H,2,9-11H2,1H3,(H,17,20)/t13-/m1/s1. The molecule has 1 saturated heterocycles. The normalized spacial score (nSPS) is 18.0. The average Bonchev–Trinajstić information content (AvgIpc) is 2.96. The van der Waals surface area contributed by atoms with Gasteiger partial charge in [-0.1, -0.05) is 18.2 Å². The number of benzene rings is 1. The van der Waals surface area contributed by atoms with E-state index in [4.69, 9.17) is 4.74 Å². The molecule has 5 nitrogen and oxygen atoms in total. The zero-order valence-corrected chi connectivity index (χ0v) is 12.1. The third kappa shape index (κ3) is 3.07. The van der Waals surface area contributed by atoms with Crippen LogP contribution in [0.2, 0.25) is 0 Å². The number of rotatable bonds is 3. The number of hydrogen-bond acceptors (Lipinski definition) is 3. The van der Waals surface area contributed by atoms with Crippen molar-refractivity contribution >= 4 is 16.9 Å². The van der Waals surface area contributed by atoms with Gasteiger partial charge in [0, 0.05) is 31.0 Å². The summed E-state index contributed by atoms with van der Waals surface area (Å²) < 4.78 is 5.91. The van der Waals surface area contributed by atoms with Gasteiger partial charge in [-0.2, -0.15) is 0 Å². The second-order valence-corrected chi connectivity index (χ2v) is 5.15. The molecule has 1 aromatic heterocycles. The topological polar surface area (TPSA) is 54.5 Å². The number of likely N-dealkylation sites (tertiary alicyclic amines) is 1. The Bertz CT molecular complexity index is 644. The smallest absolute Gasteiger partial charge is 0.317 e. The molecule has 0 aliphatic carbocycles. The van der Waals surface area contributed by atoms with Gasteiger partial charge >= 0.3 is 6.03 Å². The number of fused-ring (bicyclic) bond motifs is 1. The second-order valence-electron chi connectivity index (χ2n) is 5.15. The molecule has 21 heavy (non-hydrogen) atoms. The Morgan fingerprint density at radius 3 is 3.10 bits per heavy atom. The van der Waals surface area contributed by atoms with Crippen molar-refractivity contribution < 1.29 is 9.53 Å². The molecule has 1 N–H and O–H groups in total. The van der Waals surface area contributed by atoms with Crippen molar-refractivity contribution in [3.05, 3.63) is 36.4 Å². The Morgan fingerprint density at radius 1 is 1.38 bits per heavy atom. The maximum absolute atomic E-state index is 11.8. The summed E-state index contributed by atoms with van der Waals surface area (Å²) in [6.45, 7) is 3.90. The number of nitrogens with one attached hydrogen (secondary N) is 1. The van der Waals surface area contributed by atoms with Crippen molar-refractivity contribution in [2.24, 2.45) is 0 Å². The minimum absolute atomic E-state index is 0.0151. The maximum Gasteiger partial charge on any atom is 0.317 e. The molecule has 3 rings (SSSR count). The van der Waals surface area contributed by atoms with E-state index in [1.807, 2.05) is 43.3 Å². The molecule has 1 fully saturated rings. The lowest BCUT2D eigenvalue weighted by atomic mass is 10.2. The van der Waals surface area contributed by atoms with Crippen molar-refractivity contribution in [2.45, 2.75) is 19.4 Å². The fourth-order valence-electron chi connectivity index (χ4n) is 2.56. The highest BCUT2D eigenvalue weighted by Crippen LogP contribution is 2.20. The average molecular weight is 285 g/mol. The molecule has 1 atom stereocenters. The monoisotopic (exact) mass is 285 g/mol. The van der Waals surface area contributed by atoms with Crippen LogP contribution in [0.4, 0.5) is 4.79 Å². The van der Waals surface area contributed by atoms with E-state index in [1.165, 1.54) is 0 Å². The first-order valence-corrected chi connectivity index (χ1v) is 7.31. The summed E-state index contributed by atoms with van der Waals surface area (Å²) in [5.74, 6) is 0.622. The van der Waals surface area contributed by atoms with Crippen molar-refractivity contribution in [3.63, 3.8) is 0 Å². The number of carbonyl (C=O) groups is 1. The van der Waals surface area contributed by atoms with Gasteiger partial charge in [0.2, 0.25) is 5.88 Å². The van der Waals surface area contributed by atoms with E-state index in [1.54, 1.807) is 4.90 Å². The Hall–Kier alpha value is -2.30. The highest BCUT2D eigenvalue weighted by atomic mass is 16.5. The summed E-state index contributed by atoms with van der Waals surface area (Å²) in [7, 11) is 0. The lowest BCUT2D eigenvalue weighted by Gasteiger charge is -2.17. The minimum Gasteiger partial charge on any atom is -0.472 e. The molecule has 5 heteroatoms. The Balaban J connectivity index is 1.65. The second kappa shape index (κ2) is 5.99.